The summed E-state index contributed by atoms with van der Waals surface area (Å²) in [5, 5.41) is 2.92. The molecule has 0 spiro atoms. The van der Waals surface area contributed by atoms with Gasteiger partial charge in [0.25, 0.3) is 5.91 Å². The van der Waals surface area contributed by atoms with Crippen molar-refractivity contribution < 1.29 is 9.53 Å². The van der Waals surface area contributed by atoms with Gasteiger partial charge in [-0.2, -0.15) is 0 Å². The van der Waals surface area contributed by atoms with Crippen LogP contribution in [-0.2, 0) is 6.54 Å². The molecule has 3 rings (SSSR count). The molecular formula is C22H32N4O2. The van der Waals surface area contributed by atoms with Crippen molar-refractivity contribution in [2.75, 3.05) is 19.6 Å². The number of hydrogen-bond acceptors (Lipinski definition) is 4. The number of aryl methyl sites for hydroxylation is 1. The van der Waals surface area contributed by atoms with Gasteiger partial charge in [0.2, 0.25) is 0 Å². The smallest absolute Gasteiger partial charge is 0.251 e. The van der Waals surface area contributed by atoms with Crippen LogP contribution in [0.15, 0.2) is 30.6 Å². The molecule has 0 atom stereocenters. The summed E-state index contributed by atoms with van der Waals surface area (Å²) in [6.45, 7) is 12.4. The number of imidazole rings is 1. The molecule has 1 amide bonds. The number of aromatic nitrogens is 2. The summed E-state index contributed by atoms with van der Waals surface area (Å²) in [5.74, 6) is 0.644. The maximum absolute atomic E-state index is 12.5. The first-order valence-corrected chi connectivity index (χ1v) is 10.1. The van der Waals surface area contributed by atoms with Crippen LogP contribution in [0.4, 0.5) is 0 Å². The minimum Gasteiger partial charge on any atom is -0.490 e. The number of rotatable bonds is 6. The SMILES string of the molecule is Cc1[nH]cnc1CNC(=O)c1cccc(OC2CCN(CC(C)(C)C)CC2)c1. The maximum Gasteiger partial charge on any atom is 0.251 e. The van der Waals surface area contributed by atoms with Crippen molar-refractivity contribution in [1.82, 2.24) is 20.2 Å². The van der Waals surface area contributed by atoms with E-state index in [2.05, 4.69) is 41.0 Å². The van der Waals surface area contributed by atoms with Crippen LogP contribution < -0.4 is 10.1 Å². The van der Waals surface area contributed by atoms with Crippen LogP contribution in [0.1, 0.15) is 55.4 Å². The summed E-state index contributed by atoms with van der Waals surface area (Å²) in [6, 6.07) is 7.44. The number of carbonyl (C=O) groups excluding carboxylic acids is 1. The number of ether oxygens (including phenoxy) is 1. The fourth-order valence-electron chi connectivity index (χ4n) is 3.59. The molecule has 28 heavy (non-hydrogen) atoms. The van der Waals surface area contributed by atoms with Crippen LogP contribution in [0, 0.1) is 12.3 Å². The van der Waals surface area contributed by atoms with E-state index < -0.39 is 0 Å². The lowest BCUT2D eigenvalue weighted by molar-refractivity contribution is 0.0808. The van der Waals surface area contributed by atoms with Crippen LogP contribution >= 0.6 is 0 Å². The van der Waals surface area contributed by atoms with Crippen molar-refractivity contribution in [3.63, 3.8) is 0 Å². The number of nitrogens with one attached hydrogen (secondary N) is 2. The molecule has 2 N–H and O–H groups in total. The van der Waals surface area contributed by atoms with Gasteiger partial charge >= 0.3 is 0 Å². The van der Waals surface area contributed by atoms with Crippen LogP contribution in [-0.4, -0.2) is 46.5 Å². The molecule has 0 unspecified atom stereocenters. The molecule has 0 bridgehead atoms. The lowest BCUT2D eigenvalue weighted by Gasteiger charge is -2.36. The minimum absolute atomic E-state index is 0.118. The Morgan fingerprint density at radius 2 is 2.07 bits per heavy atom. The van der Waals surface area contributed by atoms with Gasteiger partial charge in [-0.05, 0) is 43.4 Å². The van der Waals surface area contributed by atoms with E-state index >= 15 is 0 Å². The van der Waals surface area contributed by atoms with E-state index in [1.165, 1.54) is 0 Å². The molecule has 152 valence electrons. The van der Waals surface area contributed by atoms with Crippen LogP contribution in [0.5, 0.6) is 5.75 Å². The van der Waals surface area contributed by atoms with Gasteiger partial charge in [-0.3, -0.25) is 4.79 Å². The summed E-state index contributed by atoms with van der Waals surface area (Å²) in [7, 11) is 0. The first-order valence-electron chi connectivity index (χ1n) is 10.1. The van der Waals surface area contributed by atoms with Gasteiger partial charge < -0.3 is 19.9 Å². The number of carbonyl (C=O) groups is 1. The second-order valence-corrected chi connectivity index (χ2v) is 8.84. The number of H-pyrrole nitrogens is 1. The molecule has 1 aliphatic heterocycles. The predicted molar refractivity (Wildman–Crippen MR) is 110 cm³/mol. The molecule has 1 aliphatic rings. The van der Waals surface area contributed by atoms with Gasteiger partial charge in [-0.15, -0.1) is 0 Å². The number of piperidine rings is 1. The predicted octanol–water partition coefficient (Wildman–Crippen LogP) is 3.54. The maximum atomic E-state index is 12.5. The quantitative estimate of drug-likeness (QED) is 0.799. The summed E-state index contributed by atoms with van der Waals surface area (Å²) < 4.78 is 6.17. The molecule has 0 aliphatic carbocycles. The Balaban J connectivity index is 1.51. The molecule has 1 aromatic heterocycles. The number of aromatic amines is 1. The summed E-state index contributed by atoms with van der Waals surface area (Å²) in [4.78, 5) is 22.2. The van der Waals surface area contributed by atoms with E-state index in [4.69, 9.17) is 4.74 Å². The van der Waals surface area contributed by atoms with Gasteiger partial charge in [0, 0.05) is 30.9 Å². The van der Waals surface area contributed by atoms with Crippen molar-refractivity contribution in [2.24, 2.45) is 5.41 Å². The van der Waals surface area contributed by atoms with Crippen molar-refractivity contribution in [3.05, 3.63) is 47.5 Å². The van der Waals surface area contributed by atoms with E-state index in [-0.39, 0.29) is 12.0 Å². The molecule has 0 saturated carbocycles. The highest BCUT2D eigenvalue weighted by molar-refractivity contribution is 5.94. The molecule has 1 fully saturated rings. The zero-order valence-electron chi connectivity index (χ0n) is 17.4. The third-order valence-corrected chi connectivity index (χ3v) is 4.98. The van der Waals surface area contributed by atoms with Crippen molar-refractivity contribution >= 4 is 5.91 Å². The highest BCUT2D eigenvalue weighted by Crippen LogP contribution is 2.23. The minimum atomic E-state index is -0.118. The zero-order chi connectivity index (χ0) is 20.1. The number of hydrogen-bond donors (Lipinski definition) is 2. The lowest BCUT2D eigenvalue weighted by Crippen LogP contribution is -2.42. The Morgan fingerprint density at radius 3 is 2.71 bits per heavy atom. The Labute approximate surface area is 167 Å². The highest BCUT2D eigenvalue weighted by Gasteiger charge is 2.24. The number of amides is 1. The summed E-state index contributed by atoms with van der Waals surface area (Å²) in [6.07, 6.45) is 3.88. The third kappa shape index (κ3) is 5.83. The fraction of sp³-hybridized carbons (Fsp3) is 0.545. The summed E-state index contributed by atoms with van der Waals surface area (Å²) in [5.41, 5.74) is 2.75. The first kappa shape index (κ1) is 20.4. The Bertz CT molecular complexity index is 786. The van der Waals surface area contributed by atoms with E-state index in [0.717, 1.165) is 49.6 Å². The Kier molecular flexibility index (Phi) is 6.39. The monoisotopic (exact) mass is 384 g/mol. The van der Waals surface area contributed by atoms with Crippen molar-refractivity contribution in [2.45, 2.75) is 53.2 Å². The molecule has 1 saturated heterocycles. The van der Waals surface area contributed by atoms with Gasteiger partial charge in [0.05, 0.1) is 18.6 Å². The van der Waals surface area contributed by atoms with Crippen LogP contribution in [0.25, 0.3) is 0 Å². The van der Waals surface area contributed by atoms with Gasteiger partial charge in [-0.25, -0.2) is 4.98 Å². The lowest BCUT2D eigenvalue weighted by atomic mass is 9.94. The Morgan fingerprint density at radius 1 is 1.32 bits per heavy atom. The molecule has 0 radical (unpaired) electrons. The van der Waals surface area contributed by atoms with Crippen molar-refractivity contribution in [3.8, 4) is 5.75 Å². The molecule has 2 heterocycles. The van der Waals surface area contributed by atoms with E-state index in [0.29, 0.717) is 17.5 Å². The van der Waals surface area contributed by atoms with Gasteiger partial charge in [0.1, 0.15) is 11.9 Å². The van der Waals surface area contributed by atoms with Crippen LogP contribution in [0.3, 0.4) is 0 Å². The average molecular weight is 385 g/mol. The number of nitrogens with zero attached hydrogens (tertiary/aromatic N) is 2. The second kappa shape index (κ2) is 8.78. The van der Waals surface area contributed by atoms with Crippen molar-refractivity contribution in [1.29, 1.82) is 0 Å². The molecule has 6 nitrogen and oxygen atoms in total. The molecule has 1 aromatic carbocycles. The molecule has 2 aromatic rings. The Hall–Kier alpha value is -2.34. The fourth-order valence-corrected chi connectivity index (χ4v) is 3.59. The van der Waals surface area contributed by atoms with E-state index in [1.54, 1.807) is 6.33 Å². The van der Waals surface area contributed by atoms with E-state index in [1.807, 2.05) is 31.2 Å². The highest BCUT2D eigenvalue weighted by atomic mass is 16.5. The largest absolute Gasteiger partial charge is 0.490 e. The van der Waals surface area contributed by atoms with Crippen LogP contribution in [0.2, 0.25) is 0 Å². The van der Waals surface area contributed by atoms with E-state index in [9.17, 15) is 4.79 Å². The standard InChI is InChI=1S/C22H32N4O2/c1-16-20(25-15-24-16)13-23-21(27)17-6-5-7-19(12-17)28-18-8-10-26(11-9-18)14-22(2,3)4/h5-7,12,15,18H,8-11,13-14H2,1-4H3,(H,23,27)(H,24,25). The normalized spacial score (nSPS) is 16.1. The average Bonchev–Trinajstić information content (AvgIpc) is 3.05. The number of benzene rings is 1. The second-order valence-electron chi connectivity index (χ2n) is 8.84. The molecule has 6 heteroatoms. The zero-order valence-corrected chi connectivity index (χ0v) is 17.4. The number of likely N-dealkylation sites (tertiary alicyclic amines) is 1. The first-order chi connectivity index (χ1) is 13.3. The van der Waals surface area contributed by atoms with Gasteiger partial charge in [0.15, 0.2) is 0 Å². The molecular weight excluding hydrogens is 352 g/mol. The summed E-state index contributed by atoms with van der Waals surface area (Å²) >= 11 is 0. The third-order valence-electron chi connectivity index (χ3n) is 4.98. The van der Waals surface area contributed by atoms with Gasteiger partial charge in [-0.1, -0.05) is 26.8 Å². The topological polar surface area (TPSA) is 70.2 Å².